The van der Waals surface area contributed by atoms with E-state index in [-0.39, 0.29) is 5.91 Å². The van der Waals surface area contributed by atoms with Crippen molar-refractivity contribution >= 4 is 28.5 Å². The second kappa shape index (κ2) is 5.38. The molecule has 1 aromatic rings. The molecule has 1 heterocycles. The fourth-order valence-electron chi connectivity index (χ4n) is 1.51. The standard InChI is InChI=1S/C11H12INO3/c12-4-5-13-11(14)8-2-1-3-9-10(8)16-7-6-15-9/h1-3H,4-7H2,(H,13,14). The highest BCUT2D eigenvalue weighted by molar-refractivity contribution is 14.1. The van der Waals surface area contributed by atoms with Gasteiger partial charge in [0.2, 0.25) is 0 Å². The number of nitrogens with one attached hydrogen (secondary N) is 1. The van der Waals surface area contributed by atoms with Crippen LogP contribution in [-0.4, -0.2) is 30.1 Å². The highest BCUT2D eigenvalue weighted by atomic mass is 127. The quantitative estimate of drug-likeness (QED) is 0.676. The monoisotopic (exact) mass is 333 g/mol. The number of carbonyl (C=O) groups is 1. The molecule has 16 heavy (non-hydrogen) atoms. The summed E-state index contributed by atoms with van der Waals surface area (Å²) >= 11 is 2.21. The fraction of sp³-hybridized carbons (Fsp3) is 0.364. The number of hydrogen-bond donors (Lipinski definition) is 1. The summed E-state index contributed by atoms with van der Waals surface area (Å²) in [5.41, 5.74) is 0.544. The van der Waals surface area contributed by atoms with Gasteiger partial charge in [-0.2, -0.15) is 0 Å². The average Bonchev–Trinajstić information content (AvgIpc) is 2.35. The summed E-state index contributed by atoms with van der Waals surface area (Å²) in [6.07, 6.45) is 0. The van der Waals surface area contributed by atoms with Crippen molar-refractivity contribution in [1.82, 2.24) is 5.32 Å². The summed E-state index contributed by atoms with van der Waals surface area (Å²) in [5, 5.41) is 2.82. The molecule has 0 bridgehead atoms. The van der Waals surface area contributed by atoms with E-state index in [0.29, 0.717) is 36.8 Å². The highest BCUT2D eigenvalue weighted by Gasteiger charge is 2.19. The average molecular weight is 333 g/mol. The van der Waals surface area contributed by atoms with Crippen molar-refractivity contribution in [2.75, 3.05) is 24.2 Å². The number of benzene rings is 1. The number of para-hydroxylation sites is 1. The Labute approximate surface area is 107 Å². The van der Waals surface area contributed by atoms with Gasteiger partial charge in [0, 0.05) is 11.0 Å². The van der Waals surface area contributed by atoms with Crippen molar-refractivity contribution in [2.24, 2.45) is 0 Å². The highest BCUT2D eigenvalue weighted by Crippen LogP contribution is 2.33. The molecule has 0 saturated heterocycles. The predicted molar refractivity (Wildman–Crippen MR) is 68.7 cm³/mol. The van der Waals surface area contributed by atoms with Crippen LogP contribution < -0.4 is 14.8 Å². The van der Waals surface area contributed by atoms with E-state index < -0.39 is 0 Å². The second-order valence-corrected chi connectivity index (χ2v) is 4.35. The molecule has 5 heteroatoms. The molecule has 2 rings (SSSR count). The van der Waals surface area contributed by atoms with Crippen LogP contribution in [0.15, 0.2) is 18.2 Å². The van der Waals surface area contributed by atoms with Crippen LogP contribution in [0.2, 0.25) is 0 Å². The maximum Gasteiger partial charge on any atom is 0.255 e. The Balaban J connectivity index is 2.23. The molecule has 0 fully saturated rings. The van der Waals surface area contributed by atoms with Gasteiger partial charge in [-0.3, -0.25) is 4.79 Å². The van der Waals surface area contributed by atoms with Crippen molar-refractivity contribution in [1.29, 1.82) is 0 Å². The van der Waals surface area contributed by atoms with Crippen LogP contribution in [0.4, 0.5) is 0 Å². The summed E-state index contributed by atoms with van der Waals surface area (Å²) in [7, 11) is 0. The van der Waals surface area contributed by atoms with Crippen LogP contribution in [0.3, 0.4) is 0 Å². The molecule has 0 aliphatic carbocycles. The number of amides is 1. The van der Waals surface area contributed by atoms with Gasteiger partial charge >= 0.3 is 0 Å². The maximum absolute atomic E-state index is 11.8. The first-order chi connectivity index (χ1) is 7.83. The smallest absolute Gasteiger partial charge is 0.255 e. The van der Waals surface area contributed by atoms with E-state index in [1.54, 1.807) is 12.1 Å². The van der Waals surface area contributed by atoms with Crippen molar-refractivity contribution in [3.63, 3.8) is 0 Å². The van der Waals surface area contributed by atoms with E-state index in [4.69, 9.17) is 9.47 Å². The zero-order valence-electron chi connectivity index (χ0n) is 8.66. The number of alkyl halides is 1. The molecule has 0 atom stereocenters. The van der Waals surface area contributed by atoms with E-state index in [2.05, 4.69) is 27.9 Å². The molecule has 0 aromatic heterocycles. The summed E-state index contributed by atoms with van der Waals surface area (Å²) in [5.74, 6) is 1.09. The number of ether oxygens (including phenoxy) is 2. The van der Waals surface area contributed by atoms with Gasteiger partial charge in [-0.1, -0.05) is 28.7 Å². The third-order valence-corrected chi connectivity index (χ3v) is 2.73. The molecule has 0 saturated carbocycles. The Morgan fingerprint density at radius 1 is 1.38 bits per heavy atom. The molecule has 1 amide bonds. The minimum atomic E-state index is -0.112. The molecule has 0 unspecified atom stereocenters. The zero-order valence-corrected chi connectivity index (χ0v) is 10.8. The zero-order chi connectivity index (χ0) is 11.4. The fourth-order valence-corrected chi connectivity index (χ4v) is 1.78. The Bertz CT molecular complexity index is 395. The molecule has 1 aromatic carbocycles. The van der Waals surface area contributed by atoms with Gasteiger partial charge in [0.05, 0.1) is 5.56 Å². The lowest BCUT2D eigenvalue weighted by Crippen LogP contribution is -2.27. The maximum atomic E-state index is 11.8. The minimum Gasteiger partial charge on any atom is -0.486 e. The molecule has 0 radical (unpaired) electrons. The molecule has 4 nitrogen and oxygen atoms in total. The van der Waals surface area contributed by atoms with Gasteiger partial charge in [0.15, 0.2) is 11.5 Å². The number of hydrogen-bond acceptors (Lipinski definition) is 3. The van der Waals surface area contributed by atoms with Crippen LogP contribution >= 0.6 is 22.6 Å². The summed E-state index contributed by atoms with van der Waals surface area (Å²) < 4.78 is 11.8. The summed E-state index contributed by atoms with van der Waals surface area (Å²) in [6, 6.07) is 5.35. The van der Waals surface area contributed by atoms with Crippen LogP contribution in [-0.2, 0) is 0 Å². The first-order valence-corrected chi connectivity index (χ1v) is 6.58. The molecule has 1 aliphatic heterocycles. The van der Waals surface area contributed by atoms with E-state index in [0.717, 1.165) is 4.43 Å². The molecular weight excluding hydrogens is 321 g/mol. The lowest BCUT2D eigenvalue weighted by atomic mass is 10.1. The van der Waals surface area contributed by atoms with E-state index in [9.17, 15) is 4.79 Å². The molecular formula is C11H12INO3. The lowest BCUT2D eigenvalue weighted by Gasteiger charge is -2.20. The van der Waals surface area contributed by atoms with Crippen molar-refractivity contribution in [3.05, 3.63) is 23.8 Å². The third kappa shape index (κ3) is 2.40. The van der Waals surface area contributed by atoms with Crippen LogP contribution in [0.25, 0.3) is 0 Å². The van der Waals surface area contributed by atoms with Gasteiger partial charge in [0.1, 0.15) is 13.2 Å². The summed E-state index contributed by atoms with van der Waals surface area (Å²) in [6.45, 7) is 1.68. The largest absolute Gasteiger partial charge is 0.486 e. The van der Waals surface area contributed by atoms with Crippen molar-refractivity contribution in [3.8, 4) is 11.5 Å². The Morgan fingerprint density at radius 2 is 2.19 bits per heavy atom. The Hall–Kier alpha value is -0.980. The van der Waals surface area contributed by atoms with Gasteiger partial charge in [-0.05, 0) is 12.1 Å². The third-order valence-electron chi connectivity index (χ3n) is 2.19. The van der Waals surface area contributed by atoms with E-state index >= 15 is 0 Å². The number of carbonyl (C=O) groups excluding carboxylic acids is 1. The summed E-state index contributed by atoms with van der Waals surface area (Å²) in [4.78, 5) is 11.8. The second-order valence-electron chi connectivity index (χ2n) is 3.27. The van der Waals surface area contributed by atoms with Crippen molar-refractivity contribution < 1.29 is 14.3 Å². The predicted octanol–water partition coefficient (Wildman–Crippen LogP) is 1.62. The van der Waals surface area contributed by atoms with Crippen LogP contribution in [0.1, 0.15) is 10.4 Å². The van der Waals surface area contributed by atoms with Gasteiger partial charge in [0.25, 0.3) is 5.91 Å². The van der Waals surface area contributed by atoms with E-state index in [1.807, 2.05) is 6.07 Å². The minimum absolute atomic E-state index is 0.112. The van der Waals surface area contributed by atoms with Crippen LogP contribution in [0, 0.1) is 0 Å². The normalized spacial score (nSPS) is 13.3. The van der Waals surface area contributed by atoms with Crippen LogP contribution in [0.5, 0.6) is 11.5 Å². The SMILES string of the molecule is O=C(NCCI)c1cccc2c1OCCO2. The molecule has 1 N–H and O–H groups in total. The van der Waals surface area contributed by atoms with Gasteiger partial charge < -0.3 is 14.8 Å². The van der Waals surface area contributed by atoms with Gasteiger partial charge in [-0.25, -0.2) is 0 Å². The molecule has 86 valence electrons. The number of rotatable bonds is 3. The first-order valence-electron chi connectivity index (χ1n) is 5.05. The van der Waals surface area contributed by atoms with Gasteiger partial charge in [-0.15, -0.1) is 0 Å². The Morgan fingerprint density at radius 3 is 3.00 bits per heavy atom. The molecule has 1 aliphatic rings. The number of fused-ring (bicyclic) bond motifs is 1. The molecule has 0 spiro atoms. The number of halogens is 1. The van der Waals surface area contributed by atoms with Crippen molar-refractivity contribution in [2.45, 2.75) is 0 Å². The Kier molecular flexibility index (Phi) is 3.87. The first kappa shape index (κ1) is 11.5. The topological polar surface area (TPSA) is 47.6 Å². The van der Waals surface area contributed by atoms with E-state index in [1.165, 1.54) is 0 Å². The lowest BCUT2D eigenvalue weighted by molar-refractivity contribution is 0.0945.